The number of amides is 2. The number of hydrogen-bond acceptors (Lipinski definition) is 5. The Hall–Kier alpha value is -1.47. The van der Waals surface area contributed by atoms with Crippen LogP contribution in [-0.2, 0) is 14.4 Å². The molecule has 0 bridgehead atoms. The van der Waals surface area contributed by atoms with Gasteiger partial charge in [-0.15, -0.1) is 0 Å². The van der Waals surface area contributed by atoms with Gasteiger partial charge in [-0.3, -0.25) is 19.4 Å². The second-order valence-corrected chi connectivity index (χ2v) is 10.9. The topological polar surface area (TPSA) is 73.0 Å². The number of carbonyl (C=O) groups excluding carboxylic acids is 3. The Balaban J connectivity index is 2.16. The van der Waals surface area contributed by atoms with Gasteiger partial charge in [-0.2, -0.15) is 0 Å². The van der Waals surface area contributed by atoms with E-state index in [0.29, 0.717) is 6.54 Å². The summed E-state index contributed by atoms with van der Waals surface area (Å²) in [6, 6.07) is -0.838. The quantitative estimate of drug-likeness (QED) is 0.590. The summed E-state index contributed by atoms with van der Waals surface area (Å²) in [5, 5.41) is 3.10. The van der Waals surface area contributed by atoms with E-state index in [9.17, 15) is 14.4 Å². The number of rotatable bonds is 8. The van der Waals surface area contributed by atoms with Crippen LogP contribution in [0.4, 0.5) is 0 Å². The van der Waals surface area contributed by atoms with E-state index in [1.165, 1.54) is 0 Å². The number of nitrogens with one attached hydrogen (secondary N) is 1. The summed E-state index contributed by atoms with van der Waals surface area (Å²) in [4.78, 5) is 44.3. The third-order valence-corrected chi connectivity index (χ3v) is 7.08. The molecule has 2 aliphatic rings. The Bertz CT molecular complexity index is 631. The highest BCUT2D eigenvalue weighted by molar-refractivity contribution is 5.90. The molecular formula is C24H44N4O3. The van der Waals surface area contributed by atoms with Gasteiger partial charge in [-0.25, -0.2) is 0 Å². The average Bonchev–Trinajstić information content (AvgIpc) is 3.15. The van der Waals surface area contributed by atoms with E-state index in [2.05, 4.69) is 29.0 Å². The Morgan fingerprint density at radius 3 is 2.35 bits per heavy atom. The van der Waals surface area contributed by atoms with Gasteiger partial charge in [0, 0.05) is 19.6 Å². The second kappa shape index (κ2) is 10.9. The molecule has 31 heavy (non-hydrogen) atoms. The van der Waals surface area contributed by atoms with Crippen LogP contribution in [0.5, 0.6) is 0 Å². The van der Waals surface area contributed by atoms with Crippen LogP contribution in [0.3, 0.4) is 0 Å². The molecule has 0 aliphatic carbocycles. The van der Waals surface area contributed by atoms with E-state index in [0.717, 1.165) is 51.5 Å². The zero-order valence-corrected chi connectivity index (χ0v) is 20.7. The Labute approximate surface area is 188 Å². The van der Waals surface area contributed by atoms with Crippen LogP contribution >= 0.6 is 0 Å². The normalized spacial score (nSPS) is 25.3. The molecule has 4 atom stereocenters. The van der Waals surface area contributed by atoms with Gasteiger partial charge in [0.25, 0.3) is 0 Å². The lowest BCUT2D eigenvalue weighted by Gasteiger charge is -2.41. The van der Waals surface area contributed by atoms with Gasteiger partial charge in [0.2, 0.25) is 11.8 Å². The van der Waals surface area contributed by atoms with Crippen LogP contribution in [-0.4, -0.2) is 90.7 Å². The van der Waals surface area contributed by atoms with Gasteiger partial charge >= 0.3 is 0 Å². The predicted octanol–water partition coefficient (Wildman–Crippen LogP) is 2.15. The first-order chi connectivity index (χ1) is 14.5. The van der Waals surface area contributed by atoms with E-state index in [1.54, 1.807) is 0 Å². The lowest BCUT2D eigenvalue weighted by molar-refractivity contribution is -0.142. The Morgan fingerprint density at radius 1 is 1.13 bits per heavy atom. The van der Waals surface area contributed by atoms with E-state index in [4.69, 9.17) is 0 Å². The van der Waals surface area contributed by atoms with Crippen LogP contribution in [0.15, 0.2) is 0 Å². The SMILES string of the molecule is CC(C)C(CN1CCC[C@H]1C=O)N(C)C(=O)C(NC(=O)C1CCCCN1C)C(C)(C)C. The summed E-state index contributed by atoms with van der Waals surface area (Å²) in [5.74, 6) is 0.132. The van der Waals surface area contributed by atoms with Gasteiger partial charge in [-0.1, -0.05) is 41.0 Å². The molecule has 1 N–H and O–H groups in total. The van der Waals surface area contributed by atoms with Crippen molar-refractivity contribution in [1.82, 2.24) is 20.0 Å². The lowest BCUT2D eigenvalue weighted by atomic mass is 9.84. The van der Waals surface area contributed by atoms with E-state index in [-0.39, 0.29) is 35.9 Å². The molecule has 0 aromatic heterocycles. The Morgan fingerprint density at radius 2 is 1.81 bits per heavy atom. The molecule has 0 aromatic carbocycles. The number of aldehydes is 1. The van der Waals surface area contributed by atoms with Crippen molar-refractivity contribution in [1.29, 1.82) is 0 Å². The van der Waals surface area contributed by atoms with Crippen LogP contribution in [0.25, 0.3) is 0 Å². The summed E-state index contributed by atoms with van der Waals surface area (Å²) in [6.07, 6.45) is 5.92. The first-order valence-corrected chi connectivity index (χ1v) is 11.9. The number of carbonyl (C=O) groups is 3. The van der Waals surface area contributed by atoms with Crippen LogP contribution < -0.4 is 5.32 Å². The summed E-state index contributed by atoms with van der Waals surface area (Å²) < 4.78 is 0. The predicted molar refractivity (Wildman–Crippen MR) is 124 cm³/mol. The van der Waals surface area contributed by atoms with Crippen LogP contribution in [0.2, 0.25) is 0 Å². The highest BCUT2D eigenvalue weighted by Crippen LogP contribution is 2.25. The van der Waals surface area contributed by atoms with Crippen LogP contribution in [0, 0.1) is 11.3 Å². The van der Waals surface area contributed by atoms with Crippen LogP contribution in [0.1, 0.15) is 66.7 Å². The van der Waals surface area contributed by atoms with Crippen molar-refractivity contribution in [3.8, 4) is 0 Å². The third-order valence-electron chi connectivity index (χ3n) is 7.08. The molecule has 2 heterocycles. The molecule has 7 heteroatoms. The second-order valence-electron chi connectivity index (χ2n) is 10.9. The Kier molecular flexibility index (Phi) is 9.07. The maximum atomic E-state index is 13.7. The molecule has 0 radical (unpaired) electrons. The lowest BCUT2D eigenvalue weighted by Crippen LogP contribution is -2.60. The van der Waals surface area contributed by atoms with Gasteiger partial charge < -0.3 is 15.0 Å². The summed E-state index contributed by atoms with van der Waals surface area (Å²) in [7, 11) is 3.83. The smallest absolute Gasteiger partial charge is 0.245 e. The van der Waals surface area contributed by atoms with Gasteiger partial charge in [0.15, 0.2) is 0 Å². The molecule has 2 amide bonds. The summed E-state index contributed by atoms with van der Waals surface area (Å²) in [6.45, 7) is 12.7. The van der Waals surface area contributed by atoms with Crippen molar-refractivity contribution in [3.05, 3.63) is 0 Å². The van der Waals surface area contributed by atoms with Gasteiger partial charge in [0.05, 0.1) is 12.1 Å². The number of likely N-dealkylation sites (tertiary alicyclic amines) is 2. The fourth-order valence-corrected chi connectivity index (χ4v) is 4.91. The summed E-state index contributed by atoms with van der Waals surface area (Å²) in [5.41, 5.74) is -0.408. The minimum atomic E-state index is -0.595. The molecule has 0 spiro atoms. The molecule has 7 nitrogen and oxygen atoms in total. The van der Waals surface area contributed by atoms with Crippen molar-refractivity contribution in [2.24, 2.45) is 11.3 Å². The molecule has 2 saturated heterocycles. The fourth-order valence-electron chi connectivity index (χ4n) is 4.91. The van der Waals surface area contributed by atoms with E-state index >= 15 is 0 Å². The zero-order chi connectivity index (χ0) is 23.3. The van der Waals surface area contributed by atoms with E-state index in [1.807, 2.05) is 39.8 Å². The largest absolute Gasteiger partial charge is 0.342 e. The van der Waals surface area contributed by atoms with Gasteiger partial charge in [-0.05, 0) is 57.2 Å². The minimum Gasteiger partial charge on any atom is -0.342 e. The zero-order valence-electron chi connectivity index (χ0n) is 20.7. The first-order valence-electron chi connectivity index (χ1n) is 11.9. The molecule has 2 fully saturated rings. The maximum Gasteiger partial charge on any atom is 0.245 e. The van der Waals surface area contributed by atoms with Crippen molar-refractivity contribution < 1.29 is 14.4 Å². The standard InChI is InChI=1S/C24H44N4O3/c1-17(2)20(15-28-14-10-11-18(28)16-29)27(7)23(31)21(24(3,4)5)25-22(30)19-12-8-9-13-26(19)6/h16-21H,8-15H2,1-7H3,(H,25,30)/t18-,19?,20?,21?/m0/s1. The molecular weight excluding hydrogens is 392 g/mol. The number of piperidine rings is 1. The molecule has 2 rings (SSSR count). The van der Waals surface area contributed by atoms with Crippen molar-refractivity contribution in [2.75, 3.05) is 33.7 Å². The van der Waals surface area contributed by atoms with E-state index < -0.39 is 11.5 Å². The molecule has 2 aliphatic heterocycles. The number of likely N-dealkylation sites (N-methyl/N-ethyl adjacent to an activating group) is 2. The fraction of sp³-hybridized carbons (Fsp3) is 0.875. The summed E-state index contributed by atoms with van der Waals surface area (Å²) >= 11 is 0. The third kappa shape index (κ3) is 6.51. The molecule has 0 saturated carbocycles. The monoisotopic (exact) mass is 436 g/mol. The highest BCUT2D eigenvalue weighted by Gasteiger charge is 2.40. The molecule has 3 unspecified atom stereocenters. The highest BCUT2D eigenvalue weighted by atomic mass is 16.2. The average molecular weight is 437 g/mol. The van der Waals surface area contributed by atoms with Crippen molar-refractivity contribution >= 4 is 18.1 Å². The van der Waals surface area contributed by atoms with Crippen molar-refractivity contribution in [3.63, 3.8) is 0 Å². The number of nitrogens with zero attached hydrogens (tertiary/aromatic N) is 3. The first kappa shape index (κ1) is 25.8. The maximum absolute atomic E-state index is 13.7. The van der Waals surface area contributed by atoms with Gasteiger partial charge in [0.1, 0.15) is 12.3 Å². The minimum absolute atomic E-state index is 0.0212. The molecule has 0 aromatic rings. The number of hydrogen-bond donors (Lipinski definition) is 1. The van der Waals surface area contributed by atoms with Crippen molar-refractivity contribution in [2.45, 2.75) is 90.9 Å². The molecule has 178 valence electrons.